The highest BCUT2D eigenvalue weighted by Gasteiger charge is 2.42. The van der Waals surface area contributed by atoms with E-state index in [-0.39, 0.29) is 13.0 Å². The van der Waals surface area contributed by atoms with E-state index in [2.05, 4.69) is 4.74 Å². The quantitative estimate of drug-likeness (QED) is 0.671. The summed E-state index contributed by atoms with van der Waals surface area (Å²) in [5.74, 6) is -4.05. The van der Waals surface area contributed by atoms with Crippen molar-refractivity contribution in [1.29, 1.82) is 5.26 Å². The van der Waals surface area contributed by atoms with Gasteiger partial charge in [0, 0.05) is 13.7 Å². The van der Waals surface area contributed by atoms with E-state index < -0.39 is 33.4 Å². The zero-order valence-electron chi connectivity index (χ0n) is 8.62. The van der Waals surface area contributed by atoms with Crippen molar-refractivity contribution in [3.8, 4) is 6.07 Å². The van der Waals surface area contributed by atoms with Crippen LogP contribution in [0, 0.1) is 17.2 Å². The van der Waals surface area contributed by atoms with E-state index in [1.165, 1.54) is 7.11 Å². The van der Waals surface area contributed by atoms with Gasteiger partial charge in [0.2, 0.25) is 0 Å². The van der Waals surface area contributed by atoms with Gasteiger partial charge in [0.1, 0.15) is 0 Å². The lowest BCUT2D eigenvalue weighted by molar-refractivity contribution is -0.153. The lowest BCUT2D eigenvalue weighted by Crippen LogP contribution is -2.30. The average Bonchev–Trinajstić information content (AvgIpc) is 2.12. The van der Waals surface area contributed by atoms with Crippen LogP contribution in [0.5, 0.6) is 0 Å². The van der Waals surface area contributed by atoms with Gasteiger partial charge in [-0.15, -0.1) is 0 Å². The van der Waals surface area contributed by atoms with Crippen molar-refractivity contribution in [2.45, 2.75) is 12.6 Å². The molecule has 0 N–H and O–H groups in total. The summed E-state index contributed by atoms with van der Waals surface area (Å²) in [6.45, 7) is 0.155. The number of alkyl halides is 3. The lowest BCUT2D eigenvalue weighted by Gasteiger charge is -2.13. The number of rotatable bonds is 6. The first-order chi connectivity index (χ1) is 7.23. The molecule has 0 aliphatic carbocycles. The predicted molar refractivity (Wildman–Crippen MR) is 50.3 cm³/mol. The van der Waals surface area contributed by atoms with Crippen molar-refractivity contribution in [1.82, 2.24) is 0 Å². The van der Waals surface area contributed by atoms with Crippen molar-refractivity contribution >= 4 is 9.84 Å². The van der Waals surface area contributed by atoms with Gasteiger partial charge in [0.15, 0.2) is 15.8 Å². The number of halogens is 3. The molecule has 0 rings (SSSR count). The maximum Gasteiger partial charge on any atom is 0.405 e. The van der Waals surface area contributed by atoms with Crippen LogP contribution in [0.4, 0.5) is 13.2 Å². The Balaban J connectivity index is 4.41. The molecule has 0 aromatic rings. The monoisotopic (exact) mass is 259 g/mol. The van der Waals surface area contributed by atoms with E-state index in [4.69, 9.17) is 5.26 Å². The maximum atomic E-state index is 12.1. The standard InChI is InChI=1S/C8H12F3NO3S/c1-15-3-2-4-16(13,14)6-7(5-12)8(9,10)11/h7H,2-4,6H2,1H3. The molecular formula is C8H12F3NO3S. The van der Waals surface area contributed by atoms with Crippen LogP contribution in [0.3, 0.4) is 0 Å². The summed E-state index contributed by atoms with van der Waals surface area (Å²) in [5, 5.41) is 8.24. The summed E-state index contributed by atoms with van der Waals surface area (Å²) in [4.78, 5) is 0. The number of hydrogen-bond donors (Lipinski definition) is 0. The second-order valence-electron chi connectivity index (χ2n) is 3.18. The number of hydrogen-bond acceptors (Lipinski definition) is 4. The third kappa shape index (κ3) is 5.92. The molecule has 0 aromatic heterocycles. The van der Waals surface area contributed by atoms with Gasteiger partial charge in [-0.1, -0.05) is 0 Å². The molecule has 0 bridgehead atoms. The number of nitriles is 1. The lowest BCUT2D eigenvalue weighted by atomic mass is 10.2. The highest BCUT2D eigenvalue weighted by Crippen LogP contribution is 2.27. The molecule has 0 heterocycles. The summed E-state index contributed by atoms with van der Waals surface area (Å²) in [6, 6.07) is 0.953. The van der Waals surface area contributed by atoms with Crippen molar-refractivity contribution in [3.63, 3.8) is 0 Å². The molecule has 1 unspecified atom stereocenters. The topological polar surface area (TPSA) is 67.2 Å². The number of ether oxygens (including phenoxy) is 1. The van der Waals surface area contributed by atoms with Gasteiger partial charge < -0.3 is 4.74 Å². The smallest absolute Gasteiger partial charge is 0.385 e. The second kappa shape index (κ2) is 6.06. The summed E-state index contributed by atoms with van der Waals surface area (Å²) in [5.41, 5.74) is 0. The van der Waals surface area contributed by atoms with Gasteiger partial charge in [-0.2, -0.15) is 18.4 Å². The van der Waals surface area contributed by atoms with Crippen LogP contribution in [0.25, 0.3) is 0 Å². The Hall–Kier alpha value is -0.810. The van der Waals surface area contributed by atoms with E-state index in [1.54, 1.807) is 0 Å². The van der Waals surface area contributed by atoms with Crippen LogP contribution < -0.4 is 0 Å². The van der Waals surface area contributed by atoms with Gasteiger partial charge in [0.25, 0.3) is 0 Å². The first kappa shape index (κ1) is 15.2. The number of nitrogens with zero attached hydrogens (tertiary/aromatic N) is 1. The molecule has 8 heteroatoms. The van der Waals surface area contributed by atoms with Crippen LogP contribution in [0.15, 0.2) is 0 Å². The summed E-state index contributed by atoms with van der Waals surface area (Å²) >= 11 is 0. The first-order valence-electron chi connectivity index (χ1n) is 4.38. The third-order valence-corrected chi connectivity index (χ3v) is 3.53. The van der Waals surface area contributed by atoms with Gasteiger partial charge in [-0.3, -0.25) is 0 Å². The van der Waals surface area contributed by atoms with Crippen molar-refractivity contribution in [2.75, 3.05) is 25.2 Å². The summed E-state index contributed by atoms with van der Waals surface area (Å²) < 4.78 is 63.4. The molecule has 0 aliphatic heterocycles. The van der Waals surface area contributed by atoms with Crippen molar-refractivity contribution < 1.29 is 26.3 Å². The fourth-order valence-electron chi connectivity index (χ4n) is 0.965. The first-order valence-corrected chi connectivity index (χ1v) is 6.21. The minimum absolute atomic E-state index is 0.120. The minimum Gasteiger partial charge on any atom is -0.385 e. The van der Waals surface area contributed by atoms with Crippen LogP contribution in [0.1, 0.15) is 6.42 Å². The van der Waals surface area contributed by atoms with E-state index in [0.717, 1.165) is 6.07 Å². The van der Waals surface area contributed by atoms with E-state index in [1.807, 2.05) is 0 Å². The van der Waals surface area contributed by atoms with E-state index in [9.17, 15) is 21.6 Å². The molecule has 0 saturated heterocycles. The molecule has 0 saturated carbocycles. The zero-order valence-corrected chi connectivity index (χ0v) is 9.44. The Morgan fingerprint density at radius 1 is 1.44 bits per heavy atom. The molecule has 0 spiro atoms. The Labute approximate surface area is 91.9 Å². The molecule has 0 aliphatic rings. The largest absolute Gasteiger partial charge is 0.405 e. The molecule has 0 amide bonds. The van der Waals surface area contributed by atoms with E-state index in [0.29, 0.717) is 0 Å². The maximum absolute atomic E-state index is 12.1. The van der Waals surface area contributed by atoms with Gasteiger partial charge >= 0.3 is 6.18 Å². The van der Waals surface area contributed by atoms with Gasteiger partial charge in [-0.25, -0.2) is 8.42 Å². The highest BCUT2D eigenvalue weighted by atomic mass is 32.2. The Kier molecular flexibility index (Phi) is 5.75. The molecule has 16 heavy (non-hydrogen) atoms. The minimum atomic E-state index is -4.80. The molecular weight excluding hydrogens is 247 g/mol. The third-order valence-electron chi connectivity index (χ3n) is 1.78. The Morgan fingerprint density at radius 3 is 2.38 bits per heavy atom. The van der Waals surface area contributed by atoms with Crippen LogP contribution in [-0.4, -0.2) is 39.8 Å². The molecule has 0 radical (unpaired) electrons. The van der Waals surface area contributed by atoms with Crippen LogP contribution >= 0.6 is 0 Å². The number of methoxy groups -OCH3 is 1. The summed E-state index contributed by atoms with van der Waals surface area (Å²) in [7, 11) is -2.51. The molecule has 1 atom stereocenters. The van der Waals surface area contributed by atoms with Crippen LogP contribution in [0.2, 0.25) is 0 Å². The SMILES string of the molecule is COCCCS(=O)(=O)CC(C#N)C(F)(F)F. The van der Waals surface area contributed by atoms with Gasteiger partial charge in [-0.05, 0) is 6.42 Å². The fourth-order valence-corrected chi connectivity index (χ4v) is 2.46. The Morgan fingerprint density at radius 2 is 2.00 bits per heavy atom. The normalized spacial score (nSPS) is 14.4. The number of sulfone groups is 1. The molecule has 0 aromatic carbocycles. The fraction of sp³-hybridized carbons (Fsp3) is 0.875. The second-order valence-corrected chi connectivity index (χ2v) is 5.41. The molecule has 0 fully saturated rings. The van der Waals surface area contributed by atoms with E-state index >= 15 is 0 Å². The predicted octanol–water partition coefficient (Wildman–Crippen LogP) is 1.14. The summed E-state index contributed by atoms with van der Waals surface area (Å²) in [6.07, 6.45) is -4.68. The molecule has 94 valence electrons. The van der Waals surface area contributed by atoms with Crippen molar-refractivity contribution in [2.24, 2.45) is 5.92 Å². The molecule has 4 nitrogen and oxygen atoms in total. The van der Waals surface area contributed by atoms with Gasteiger partial charge in [0.05, 0.1) is 17.6 Å². The average molecular weight is 259 g/mol. The van der Waals surface area contributed by atoms with Crippen LogP contribution in [-0.2, 0) is 14.6 Å². The van der Waals surface area contributed by atoms with Crippen molar-refractivity contribution in [3.05, 3.63) is 0 Å². The Bertz CT molecular complexity index is 345. The highest BCUT2D eigenvalue weighted by molar-refractivity contribution is 7.91. The zero-order chi connectivity index (χ0) is 12.8.